The van der Waals surface area contributed by atoms with Crippen molar-refractivity contribution in [2.45, 2.75) is 70.9 Å². The van der Waals surface area contributed by atoms with Gasteiger partial charge in [0.2, 0.25) is 0 Å². The number of aromatic nitrogens is 4. The number of fused-ring (bicyclic) bond motifs is 1. The van der Waals surface area contributed by atoms with Crippen LogP contribution in [0.2, 0.25) is 0 Å². The second kappa shape index (κ2) is 11.2. The molecule has 4 atom stereocenters. The maximum Gasteiger partial charge on any atom is 0.414 e. The van der Waals surface area contributed by atoms with Crippen molar-refractivity contribution in [1.82, 2.24) is 30.2 Å². The van der Waals surface area contributed by atoms with Crippen LogP contribution in [-0.2, 0) is 26.3 Å². The zero-order valence-electron chi connectivity index (χ0n) is 26.7. The number of nitrogens with zero attached hydrogens (tertiary/aromatic N) is 6. The molecule has 2 aliphatic heterocycles. The number of hydrogen-bond acceptors (Lipinski definition) is 9. The maximum absolute atomic E-state index is 15.5. The number of benzene rings is 1. The van der Waals surface area contributed by atoms with Crippen molar-refractivity contribution < 1.29 is 33.0 Å². The predicted molar refractivity (Wildman–Crippen MR) is 163 cm³/mol. The normalized spacial score (nSPS) is 24.0. The Bertz CT molecular complexity index is 1620. The third-order valence-corrected chi connectivity index (χ3v) is 8.24. The molecule has 0 spiro atoms. The number of cyclic esters (lactones) is 1. The molecule has 1 N–H and O–H groups in total. The van der Waals surface area contributed by atoms with Gasteiger partial charge >= 0.3 is 18.3 Å². The van der Waals surface area contributed by atoms with Gasteiger partial charge in [0, 0.05) is 48.4 Å². The lowest BCUT2D eigenvalue weighted by molar-refractivity contribution is 0.0248. The average molecular weight is 636 g/mol. The number of ether oxygens (including phenoxy) is 3. The molecule has 1 saturated carbocycles. The van der Waals surface area contributed by atoms with Crippen molar-refractivity contribution in [2.75, 3.05) is 24.5 Å². The van der Waals surface area contributed by atoms with Crippen LogP contribution < -0.4 is 10.2 Å². The SMILES string of the molecule is CC(C)(C)OC(=O)NC1(c2ccc(-c3ccc(N4C[C@H](Cn5ccnn5)OC4=O)cc3F)cn2)[C@@H]2CN(C(=O)OC(C)(C)C)C[C@@H]21. The van der Waals surface area contributed by atoms with Gasteiger partial charge in [0.05, 0.1) is 36.2 Å². The summed E-state index contributed by atoms with van der Waals surface area (Å²) in [7, 11) is 0. The molecule has 0 bridgehead atoms. The van der Waals surface area contributed by atoms with Gasteiger partial charge in [0.25, 0.3) is 0 Å². The summed E-state index contributed by atoms with van der Waals surface area (Å²) in [6.45, 7) is 12.2. The molecule has 3 amide bonds. The molecule has 1 aromatic carbocycles. The summed E-state index contributed by atoms with van der Waals surface area (Å²) < 4.78 is 33.6. The van der Waals surface area contributed by atoms with E-state index in [0.29, 0.717) is 42.1 Å². The van der Waals surface area contributed by atoms with E-state index in [0.717, 1.165) is 0 Å². The monoisotopic (exact) mass is 635 g/mol. The van der Waals surface area contributed by atoms with E-state index >= 15 is 4.39 Å². The van der Waals surface area contributed by atoms with Crippen LogP contribution in [0.15, 0.2) is 48.9 Å². The molecule has 1 aliphatic carbocycles. The van der Waals surface area contributed by atoms with Gasteiger partial charge < -0.3 is 24.4 Å². The maximum atomic E-state index is 15.5. The van der Waals surface area contributed by atoms with Crippen LogP contribution in [0.4, 0.5) is 24.5 Å². The number of hydrogen-bond donors (Lipinski definition) is 1. The Morgan fingerprint density at radius 1 is 1.04 bits per heavy atom. The molecule has 14 heteroatoms. The fraction of sp³-hybridized carbons (Fsp3) is 0.500. The zero-order chi connectivity index (χ0) is 33.0. The second-order valence-corrected chi connectivity index (χ2v) is 13.9. The first-order valence-electron chi connectivity index (χ1n) is 15.2. The highest BCUT2D eigenvalue weighted by molar-refractivity contribution is 5.90. The van der Waals surface area contributed by atoms with Crippen LogP contribution in [0.3, 0.4) is 0 Å². The largest absolute Gasteiger partial charge is 0.444 e. The van der Waals surface area contributed by atoms with Crippen LogP contribution in [0.25, 0.3) is 11.1 Å². The lowest BCUT2D eigenvalue weighted by Gasteiger charge is -2.30. The molecular formula is C32H38FN7O6. The summed E-state index contributed by atoms with van der Waals surface area (Å²) in [4.78, 5) is 45.9. The summed E-state index contributed by atoms with van der Waals surface area (Å²) in [5, 5.41) is 10.7. The van der Waals surface area contributed by atoms with E-state index in [4.69, 9.17) is 14.2 Å². The lowest BCUT2D eigenvalue weighted by atomic mass is 10.0. The van der Waals surface area contributed by atoms with Crippen molar-refractivity contribution in [3.8, 4) is 11.1 Å². The van der Waals surface area contributed by atoms with E-state index in [2.05, 4.69) is 20.6 Å². The van der Waals surface area contributed by atoms with Crippen LogP contribution in [0.5, 0.6) is 0 Å². The first kappa shape index (κ1) is 31.2. The van der Waals surface area contributed by atoms with Gasteiger partial charge in [0.15, 0.2) is 0 Å². The van der Waals surface area contributed by atoms with E-state index in [9.17, 15) is 14.4 Å². The Morgan fingerprint density at radius 2 is 1.76 bits per heavy atom. The second-order valence-electron chi connectivity index (χ2n) is 13.9. The fourth-order valence-electron chi connectivity index (χ4n) is 6.28. The standard InChI is InChI=1S/C32H38FN7O6/c1-30(2,3)45-27(41)36-32(23-17-38(18-24(23)32)28(42)46-31(4,5)6)26-10-7-19(14-34-26)22-9-8-20(13-25(22)33)40-16-21(44-29(40)43)15-39-12-11-35-37-39/h7-14,21,23-24H,15-18H2,1-6H3,(H,36,41)/t21-,23-,24+,32?/m0/s1. The Hall–Kier alpha value is -4.75. The molecule has 2 saturated heterocycles. The van der Waals surface area contributed by atoms with Gasteiger partial charge in [0.1, 0.15) is 23.1 Å². The minimum atomic E-state index is -0.847. The molecule has 3 aromatic rings. The van der Waals surface area contributed by atoms with Crippen LogP contribution in [-0.4, -0.2) is 80.1 Å². The lowest BCUT2D eigenvalue weighted by Crippen LogP contribution is -2.47. The molecular weight excluding hydrogens is 597 g/mol. The number of anilines is 1. The van der Waals surface area contributed by atoms with Crippen molar-refractivity contribution in [3.05, 3.63) is 60.4 Å². The van der Waals surface area contributed by atoms with Gasteiger partial charge in [-0.2, -0.15) is 0 Å². The number of pyridine rings is 1. The molecule has 3 aliphatic rings. The number of carbonyl (C=O) groups is 3. The number of carbonyl (C=O) groups excluding carboxylic acids is 3. The molecule has 13 nitrogen and oxygen atoms in total. The van der Waals surface area contributed by atoms with Crippen LogP contribution in [0.1, 0.15) is 47.2 Å². The zero-order valence-corrected chi connectivity index (χ0v) is 26.7. The van der Waals surface area contributed by atoms with Gasteiger partial charge in [-0.3, -0.25) is 9.88 Å². The molecule has 4 heterocycles. The van der Waals surface area contributed by atoms with E-state index in [1.807, 2.05) is 20.8 Å². The first-order valence-corrected chi connectivity index (χ1v) is 15.2. The third-order valence-electron chi connectivity index (χ3n) is 8.24. The number of amides is 3. The summed E-state index contributed by atoms with van der Waals surface area (Å²) in [5.74, 6) is -0.733. The van der Waals surface area contributed by atoms with Gasteiger partial charge in [-0.15, -0.1) is 5.10 Å². The molecule has 3 fully saturated rings. The number of nitrogens with one attached hydrogen (secondary N) is 1. The van der Waals surface area contributed by atoms with Gasteiger partial charge in [-0.25, -0.2) is 23.5 Å². The van der Waals surface area contributed by atoms with E-state index < -0.39 is 46.9 Å². The van der Waals surface area contributed by atoms with Crippen molar-refractivity contribution in [2.24, 2.45) is 11.8 Å². The summed E-state index contributed by atoms with van der Waals surface area (Å²) in [5.41, 5.74) is -0.387. The van der Waals surface area contributed by atoms with E-state index in [-0.39, 0.29) is 18.4 Å². The summed E-state index contributed by atoms with van der Waals surface area (Å²) in [6.07, 6.45) is 2.78. The van der Waals surface area contributed by atoms with Gasteiger partial charge in [-0.05, 0) is 65.8 Å². The molecule has 46 heavy (non-hydrogen) atoms. The number of alkyl carbamates (subject to hydrolysis) is 1. The van der Waals surface area contributed by atoms with E-state index in [1.165, 1.54) is 17.2 Å². The highest BCUT2D eigenvalue weighted by atomic mass is 19.1. The van der Waals surface area contributed by atoms with E-state index in [1.54, 1.807) is 67.0 Å². The topological polar surface area (TPSA) is 141 Å². The number of piperidine rings is 1. The molecule has 244 valence electrons. The number of rotatable bonds is 6. The van der Waals surface area contributed by atoms with Crippen LogP contribution >= 0.6 is 0 Å². The minimum absolute atomic E-state index is 0.101. The van der Waals surface area contributed by atoms with Gasteiger partial charge in [-0.1, -0.05) is 11.3 Å². The first-order chi connectivity index (χ1) is 21.6. The molecule has 0 radical (unpaired) electrons. The summed E-state index contributed by atoms with van der Waals surface area (Å²) in [6, 6.07) is 8.07. The van der Waals surface area contributed by atoms with Crippen molar-refractivity contribution in [3.63, 3.8) is 0 Å². The number of likely N-dealkylation sites (tertiary alicyclic amines) is 1. The number of halogens is 1. The van der Waals surface area contributed by atoms with Crippen molar-refractivity contribution in [1.29, 1.82) is 0 Å². The fourth-order valence-corrected chi connectivity index (χ4v) is 6.28. The van der Waals surface area contributed by atoms with Crippen molar-refractivity contribution >= 4 is 24.0 Å². The smallest absolute Gasteiger partial charge is 0.414 e. The average Bonchev–Trinajstić information content (AvgIpc) is 3.47. The van der Waals surface area contributed by atoms with Crippen LogP contribution in [0, 0.1) is 17.7 Å². The minimum Gasteiger partial charge on any atom is -0.444 e. The highest BCUT2D eigenvalue weighted by Gasteiger charge is 2.72. The Kier molecular flexibility index (Phi) is 7.64. The Labute approximate surface area is 266 Å². The Morgan fingerprint density at radius 3 is 2.35 bits per heavy atom. The third kappa shape index (κ3) is 6.20. The summed E-state index contributed by atoms with van der Waals surface area (Å²) >= 11 is 0. The molecule has 6 rings (SSSR count). The predicted octanol–water partition coefficient (Wildman–Crippen LogP) is 4.72. The molecule has 1 unspecified atom stereocenters. The quantitative estimate of drug-likeness (QED) is 0.381. The Balaban J connectivity index is 1.19. The molecule has 2 aromatic heterocycles. The highest BCUT2D eigenvalue weighted by Crippen LogP contribution is 2.61.